The Kier molecular flexibility index (Phi) is 4.63. The zero-order valence-electron chi connectivity index (χ0n) is 11.6. The minimum absolute atomic E-state index is 0.210. The van der Waals surface area contributed by atoms with Crippen molar-refractivity contribution in [3.63, 3.8) is 0 Å². The minimum Gasteiger partial charge on any atom is -0.320 e. The SMILES string of the molecule is Cc1cc(S(=O)(=O)Nc2ccccc2)ccc1C#CCN. The molecule has 0 amide bonds. The Morgan fingerprint density at radius 3 is 2.48 bits per heavy atom. The van der Waals surface area contributed by atoms with E-state index in [1.54, 1.807) is 42.5 Å². The number of nitrogens with one attached hydrogen (secondary N) is 1. The van der Waals surface area contributed by atoms with Gasteiger partial charge in [0.05, 0.1) is 11.4 Å². The Balaban J connectivity index is 2.31. The van der Waals surface area contributed by atoms with Gasteiger partial charge in [0.15, 0.2) is 0 Å². The van der Waals surface area contributed by atoms with Crippen molar-refractivity contribution in [2.75, 3.05) is 11.3 Å². The van der Waals surface area contributed by atoms with Crippen molar-refractivity contribution in [2.24, 2.45) is 5.73 Å². The smallest absolute Gasteiger partial charge is 0.261 e. The van der Waals surface area contributed by atoms with Crippen molar-refractivity contribution in [1.82, 2.24) is 0 Å². The van der Waals surface area contributed by atoms with Gasteiger partial charge in [-0.05, 0) is 42.8 Å². The number of hydrogen-bond donors (Lipinski definition) is 2. The molecule has 0 heterocycles. The summed E-state index contributed by atoms with van der Waals surface area (Å²) in [6.07, 6.45) is 0. The summed E-state index contributed by atoms with van der Waals surface area (Å²) in [5, 5.41) is 0. The molecule has 0 saturated carbocycles. The lowest BCUT2D eigenvalue weighted by atomic mass is 10.1. The van der Waals surface area contributed by atoms with Crippen LogP contribution >= 0.6 is 0 Å². The summed E-state index contributed by atoms with van der Waals surface area (Å²) in [6.45, 7) is 2.09. The molecular formula is C16H16N2O2S. The van der Waals surface area contributed by atoms with E-state index in [-0.39, 0.29) is 11.4 Å². The molecule has 0 aromatic heterocycles. The molecule has 3 N–H and O–H groups in total. The molecule has 0 aliphatic carbocycles. The van der Waals surface area contributed by atoms with Gasteiger partial charge in [-0.3, -0.25) is 4.72 Å². The van der Waals surface area contributed by atoms with E-state index in [1.165, 1.54) is 0 Å². The molecule has 2 aromatic carbocycles. The first-order chi connectivity index (χ1) is 10.0. The number of aryl methyl sites for hydroxylation is 1. The fraction of sp³-hybridized carbons (Fsp3) is 0.125. The van der Waals surface area contributed by atoms with E-state index in [1.807, 2.05) is 13.0 Å². The second-order valence-corrected chi connectivity index (χ2v) is 6.14. The van der Waals surface area contributed by atoms with Gasteiger partial charge in [-0.15, -0.1) is 0 Å². The Morgan fingerprint density at radius 1 is 1.14 bits per heavy atom. The third-order valence-corrected chi connectivity index (χ3v) is 4.24. The van der Waals surface area contributed by atoms with Crippen molar-refractivity contribution in [2.45, 2.75) is 11.8 Å². The summed E-state index contributed by atoms with van der Waals surface area (Å²) in [5.41, 5.74) is 7.44. The molecule has 0 unspecified atom stereocenters. The number of hydrogen-bond acceptors (Lipinski definition) is 3. The third-order valence-electron chi connectivity index (χ3n) is 2.86. The van der Waals surface area contributed by atoms with Gasteiger partial charge >= 0.3 is 0 Å². The summed E-state index contributed by atoms with van der Waals surface area (Å²) in [7, 11) is -3.60. The first kappa shape index (κ1) is 15.1. The summed E-state index contributed by atoms with van der Waals surface area (Å²) in [4.78, 5) is 0.210. The molecule has 2 rings (SSSR count). The molecule has 0 fully saturated rings. The monoisotopic (exact) mass is 300 g/mol. The Hall–Kier alpha value is -2.29. The van der Waals surface area contributed by atoms with Gasteiger partial charge < -0.3 is 5.73 Å². The number of benzene rings is 2. The van der Waals surface area contributed by atoms with Crippen LogP contribution < -0.4 is 10.5 Å². The zero-order chi connectivity index (χ0) is 15.3. The molecule has 4 nitrogen and oxygen atoms in total. The van der Waals surface area contributed by atoms with E-state index in [0.29, 0.717) is 5.69 Å². The molecule has 5 heteroatoms. The van der Waals surface area contributed by atoms with E-state index in [9.17, 15) is 8.42 Å². The van der Waals surface area contributed by atoms with Crippen LogP contribution in [-0.4, -0.2) is 15.0 Å². The molecule has 0 aliphatic rings. The lowest BCUT2D eigenvalue weighted by molar-refractivity contribution is 0.601. The zero-order valence-corrected chi connectivity index (χ0v) is 12.4. The van der Waals surface area contributed by atoms with Gasteiger partial charge in [0.1, 0.15) is 0 Å². The van der Waals surface area contributed by atoms with Crippen LogP contribution in [0.15, 0.2) is 53.4 Å². The van der Waals surface area contributed by atoms with Gasteiger partial charge in [0.2, 0.25) is 0 Å². The maximum atomic E-state index is 12.3. The van der Waals surface area contributed by atoms with Crippen LogP contribution in [0.3, 0.4) is 0 Å². The lowest BCUT2D eigenvalue weighted by Crippen LogP contribution is -2.13. The highest BCUT2D eigenvalue weighted by Crippen LogP contribution is 2.18. The fourth-order valence-corrected chi connectivity index (χ4v) is 2.95. The van der Waals surface area contributed by atoms with Gasteiger partial charge in [0.25, 0.3) is 10.0 Å². The number of sulfonamides is 1. The topological polar surface area (TPSA) is 72.2 Å². The predicted molar refractivity (Wildman–Crippen MR) is 84.4 cm³/mol. The maximum Gasteiger partial charge on any atom is 0.261 e. The average Bonchev–Trinajstić information content (AvgIpc) is 2.46. The summed E-state index contributed by atoms with van der Waals surface area (Å²) in [5.74, 6) is 5.67. The van der Waals surface area contributed by atoms with Crippen LogP contribution in [0.5, 0.6) is 0 Å². The number of anilines is 1. The Morgan fingerprint density at radius 2 is 1.86 bits per heavy atom. The van der Waals surface area contributed by atoms with Crippen LogP contribution in [-0.2, 0) is 10.0 Å². The van der Waals surface area contributed by atoms with E-state index >= 15 is 0 Å². The highest BCUT2D eigenvalue weighted by Gasteiger charge is 2.14. The molecule has 2 aromatic rings. The van der Waals surface area contributed by atoms with Crippen LogP contribution in [0.25, 0.3) is 0 Å². The molecule has 108 valence electrons. The molecule has 0 radical (unpaired) electrons. The highest BCUT2D eigenvalue weighted by molar-refractivity contribution is 7.92. The van der Waals surface area contributed by atoms with Gasteiger partial charge in [-0.1, -0.05) is 30.0 Å². The largest absolute Gasteiger partial charge is 0.320 e. The van der Waals surface area contributed by atoms with E-state index in [4.69, 9.17) is 5.73 Å². The van der Waals surface area contributed by atoms with Crippen LogP contribution in [0.1, 0.15) is 11.1 Å². The summed E-state index contributed by atoms with van der Waals surface area (Å²) >= 11 is 0. The van der Waals surface area contributed by atoms with Crippen LogP contribution in [0.4, 0.5) is 5.69 Å². The average molecular weight is 300 g/mol. The summed E-state index contributed by atoms with van der Waals surface area (Å²) in [6, 6.07) is 13.6. The third kappa shape index (κ3) is 3.85. The first-order valence-electron chi connectivity index (χ1n) is 6.40. The predicted octanol–water partition coefficient (Wildman–Crippen LogP) is 2.11. The highest BCUT2D eigenvalue weighted by atomic mass is 32.2. The first-order valence-corrected chi connectivity index (χ1v) is 7.89. The van der Waals surface area contributed by atoms with Gasteiger partial charge in [-0.25, -0.2) is 8.42 Å². The fourth-order valence-electron chi connectivity index (χ4n) is 1.81. The quantitative estimate of drug-likeness (QED) is 0.853. The second kappa shape index (κ2) is 6.44. The molecule has 21 heavy (non-hydrogen) atoms. The Labute approximate surface area is 125 Å². The van der Waals surface area contributed by atoms with Crippen molar-refractivity contribution < 1.29 is 8.42 Å². The van der Waals surface area contributed by atoms with Gasteiger partial charge in [-0.2, -0.15) is 0 Å². The molecular weight excluding hydrogens is 284 g/mol. The Bertz CT molecular complexity index is 788. The number of rotatable bonds is 3. The van der Waals surface area contributed by atoms with E-state index in [0.717, 1.165) is 11.1 Å². The van der Waals surface area contributed by atoms with Crippen LogP contribution in [0, 0.1) is 18.8 Å². The minimum atomic E-state index is -3.60. The molecule has 0 bridgehead atoms. The van der Waals surface area contributed by atoms with Crippen LogP contribution in [0.2, 0.25) is 0 Å². The molecule has 0 atom stereocenters. The lowest BCUT2D eigenvalue weighted by Gasteiger charge is -2.09. The normalized spacial score (nSPS) is 10.6. The molecule has 0 aliphatic heterocycles. The van der Waals surface area contributed by atoms with E-state index in [2.05, 4.69) is 16.6 Å². The molecule has 0 saturated heterocycles. The van der Waals surface area contributed by atoms with Crippen molar-refractivity contribution in [3.05, 3.63) is 59.7 Å². The van der Waals surface area contributed by atoms with Gasteiger partial charge in [0, 0.05) is 11.3 Å². The number of nitrogens with two attached hydrogens (primary N) is 1. The van der Waals surface area contributed by atoms with E-state index < -0.39 is 10.0 Å². The van der Waals surface area contributed by atoms with Crippen molar-refractivity contribution in [1.29, 1.82) is 0 Å². The number of para-hydroxylation sites is 1. The molecule has 0 spiro atoms. The van der Waals surface area contributed by atoms with Crippen molar-refractivity contribution >= 4 is 15.7 Å². The van der Waals surface area contributed by atoms with Crippen molar-refractivity contribution in [3.8, 4) is 11.8 Å². The standard InChI is InChI=1S/C16H16N2O2S/c1-13-12-16(10-9-14(13)6-5-11-17)21(19,20)18-15-7-3-2-4-8-15/h2-4,7-10,12,18H,11,17H2,1H3. The second-order valence-electron chi connectivity index (χ2n) is 4.45. The maximum absolute atomic E-state index is 12.3. The summed E-state index contributed by atoms with van der Waals surface area (Å²) < 4.78 is 27.2.